The molecule has 0 saturated carbocycles. The van der Waals surface area contributed by atoms with E-state index in [0.717, 1.165) is 58.9 Å². The average Bonchev–Trinajstić information content (AvgIpc) is 3.25. The quantitative estimate of drug-likeness (QED) is 0.365. The molecule has 2 unspecified atom stereocenters. The largest absolute Gasteiger partial charge is 0.381 e. The Morgan fingerprint density at radius 3 is 1.61 bits per heavy atom. The van der Waals surface area contributed by atoms with Gasteiger partial charge in [0.2, 0.25) is 0 Å². The van der Waals surface area contributed by atoms with Crippen molar-refractivity contribution in [2.24, 2.45) is 0 Å². The van der Waals surface area contributed by atoms with E-state index in [1.807, 2.05) is 0 Å². The van der Waals surface area contributed by atoms with Crippen LogP contribution in [0.3, 0.4) is 0 Å². The minimum absolute atomic E-state index is 0.462. The van der Waals surface area contributed by atoms with Crippen molar-refractivity contribution in [2.75, 3.05) is 52.9 Å². The van der Waals surface area contributed by atoms with Gasteiger partial charge in [-0.25, -0.2) is 0 Å². The van der Waals surface area contributed by atoms with Crippen LogP contribution in [0.1, 0.15) is 19.3 Å². The number of hydrogen-bond donors (Lipinski definition) is 0. The van der Waals surface area contributed by atoms with Crippen LogP contribution in [0.5, 0.6) is 0 Å². The third-order valence-electron chi connectivity index (χ3n) is 2.92. The molecule has 5 heteroatoms. The van der Waals surface area contributed by atoms with E-state index in [1.165, 1.54) is 0 Å². The zero-order valence-electron chi connectivity index (χ0n) is 11.0. The lowest BCUT2D eigenvalue weighted by Gasteiger charge is -2.06. The van der Waals surface area contributed by atoms with Gasteiger partial charge in [0.25, 0.3) is 0 Å². The second-order valence-corrected chi connectivity index (χ2v) is 4.68. The first kappa shape index (κ1) is 14.2. The van der Waals surface area contributed by atoms with Gasteiger partial charge in [0.1, 0.15) is 0 Å². The third kappa shape index (κ3) is 8.00. The van der Waals surface area contributed by atoms with Gasteiger partial charge in [-0.05, 0) is 19.3 Å². The second-order valence-electron chi connectivity index (χ2n) is 4.68. The van der Waals surface area contributed by atoms with Gasteiger partial charge in [-0.3, -0.25) is 0 Å². The Labute approximate surface area is 109 Å². The van der Waals surface area contributed by atoms with Crippen molar-refractivity contribution in [3.05, 3.63) is 0 Å². The Bertz CT molecular complexity index is 182. The molecule has 0 spiro atoms. The number of rotatable bonds is 13. The molecule has 2 atom stereocenters. The first-order valence-corrected chi connectivity index (χ1v) is 6.91. The first-order chi connectivity index (χ1) is 8.95. The summed E-state index contributed by atoms with van der Waals surface area (Å²) < 4.78 is 26.5. The van der Waals surface area contributed by atoms with Gasteiger partial charge in [0, 0.05) is 26.4 Å². The Hall–Kier alpha value is -0.200. The van der Waals surface area contributed by atoms with Gasteiger partial charge < -0.3 is 23.7 Å². The van der Waals surface area contributed by atoms with Crippen molar-refractivity contribution >= 4 is 0 Å². The smallest absolute Gasteiger partial charge is 0.0831 e. The summed E-state index contributed by atoms with van der Waals surface area (Å²) in [5, 5.41) is 0. The second kappa shape index (κ2) is 8.82. The molecule has 0 N–H and O–H groups in total. The van der Waals surface area contributed by atoms with Crippen molar-refractivity contribution < 1.29 is 23.7 Å². The average molecular weight is 260 g/mol. The van der Waals surface area contributed by atoms with Gasteiger partial charge >= 0.3 is 0 Å². The highest BCUT2D eigenvalue weighted by Gasteiger charge is 2.21. The Balaban J connectivity index is 1.19. The zero-order valence-corrected chi connectivity index (χ0v) is 11.0. The van der Waals surface area contributed by atoms with Crippen LogP contribution < -0.4 is 0 Å². The zero-order chi connectivity index (χ0) is 12.5. The summed E-state index contributed by atoms with van der Waals surface area (Å²) in [4.78, 5) is 0. The molecule has 0 radical (unpaired) electrons. The van der Waals surface area contributed by atoms with E-state index in [9.17, 15) is 0 Å². The number of hydrogen-bond acceptors (Lipinski definition) is 5. The molecule has 106 valence electrons. The molecule has 0 bridgehead atoms. The molecule has 2 aliphatic rings. The third-order valence-corrected chi connectivity index (χ3v) is 2.92. The fourth-order valence-electron chi connectivity index (χ4n) is 1.59. The van der Waals surface area contributed by atoms with Crippen LogP contribution in [0.15, 0.2) is 0 Å². The van der Waals surface area contributed by atoms with Crippen LogP contribution in [0.25, 0.3) is 0 Å². The summed E-state index contributed by atoms with van der Waals surface area (Å²) >= 11 is 0. The van der Waals surface area contributed by atoms with Crippen LogP contribution in [0.2, 0.25) is 0 Å². The molecule has 2 fully saturated rings. The van der Waals surface area contributed by atoms with E-state index in [1.54, 1.807) is 0 Å². The molecule has 18 heavy (non-hydrogen) atoms. The molecule has 0 aliphatic carbocycles. The topological polar surface area (TPSA) is 52.8 Å². The molecule has 5 nitrogen and oxygen atoms in total. The lowest BCUT2D eigenvalue weighted by atomic mass is 10.3. The molecule has 2 heterocycles. The molecule has 2 saturated heterocycles. The van der Waals surface area contributed by atoms with E-state index in [0.29, 0.717) is 25.4 Å². The normalized spacial score (nSPS) is 25.3. The van der Waals surface area contributed by atoms with Crippen LogP contribution in [0.4, 0.5) is 0 Å². The van der Waals surface area contributed by atoms with Crippen molar-refractivity contribution in [2.45, 2.75) is 31.5 Å². The van der Waals surface area contributed by atoms with Crippen molar-refractivity contribution in [1.82, 2.24) is 0 Å². The Morgan fingerprint density at radius 1 is 0.667 bits per heavy atom. The standard InChI is InChI=1S/C13H24O5/c1(4-14-6-2-12-10-17-12)5-15-8-9-16-7-3-13-11-18-13/h12-13H,1-11H2. The highest BCUT2D eigenvalue weighted by atomic mass is 16.6. The van der Waals surface area contributed by atoms with Gasteiger partial charge in [0.05, 0.1) is 38.6 Å². The fraction of sp³-hybridized carbons (Fsp3) is 1.00. The van der Waals surface area contributed by atoms with E-state index in [4.69, 9.17) is 23.7 Å². The molecule has 0 aromatic heterocycles. The van der Waals surface area contributed by atoms with Crippen LogP contribution >= 0.6 is 0 Å². The summed E-state index contributed by atoms with van der Waals surface area (Å²) in [7, 11) is 0. The number of epoxide rings is 2. The SMILES string of the molecule is C(COCCOCCC1CO1)COCCC1CO1. The van der Waals surface area contributed by atoms with Gasteiger partial charge in [-0.15, -0.1) is 0 Å². The van der Waals surface area contributed by atoms with Crippen molar-refractivity contribution in [3.8, 4) is 0 Å². The van der Waals surface area contributed by atoms with E-state index < -0.39 is 0 Å². The summed E-state index contributed by atoms with van der Waals surface area (Å²) in [5.41, 5.74) is 0. The summed E-state index contributed by atoms with van der Waals surface area (Å²) in [5.74, 6) is 0. The van der Waals surface area contributed by atoms with E-state index in [-0.39, 0.29) is 0 Å². The Morgan fingerprint density at radius 2 is 1.11 bits per heavy atom. The van der Waals surface area contributed by atoms with Crippen LogP contribution in [0, 0.1) is 0 Å². The predicted molar refractivity (Wildman–Crippen MR) is 65.8 cm³/mol. The molecule has 0 amide bonds. The molecule has 0 aromatic rings. The predicted octanol–water partition coefficient (Wildman–Crippen LogP) is 1.00. The van der Waals surface area contributed by atoms with E-state index in [2.05, 4.69) is 0 Å². The minimum Gasteiger partial charge on any atom is -0.381 e. The molecular weight excluding hydrogens is 236 g/mol. The van der Waals surface area contributed by atoms with Crippen LogP contribution in [-0.4, -0.2) is 65.1 Å². The van der Waals surface area contributed by atoms with Gasteiger partial charge in [-0.2, -0.15) is 0 Å². The van der Waals surface area contributed by atoms with Gasteiger partial charge in [0.15, 0.2) is 0 Å². The minimum atomic E-state index is 0.462. The summed E-state index contributed by atoms with van der Waals surface area (Å²) in [6, 6.07) is 0. The molecule has 2 aliphatic heterocycles. The van der Waals surface area contributed by atoms with Crippen molar-refractivity contribution in [1.29, 1.82) is 0 Å². The summed E-state index contributed by atoms with van der Waals surface area (Å²) in [6.07, 6.45) is 3.92. The molecule has 2 rings (SSSR count). The molecule has 0 aromatic carbocycles. The first-order valence-electron chi connectivity index (χ1n) is 6.91. The van der Waals surface area contributed by atoms with Gasteiger partial charge in [-0.1, -0.05) is 0 Å². The maximum absolute atomic E-state index is 5.46. The summed E-state index contributed by atoms with van der Waals surface area (Å²) in [6.45, 7) is 6.26. The maximum atomic E-state index is 5.46. The Kier molecular flexibility index (Phi) is 6.97. The lowest BCUT2D eigenvalue weighted by molar-refractivity contribution is 0.0331. The van der Waals surface area contributed by atoms with Crippen LogP contribution in [-0.2, 0) is 23.7 Å². The monoisotopic (exact) mass is 260 g/mol. The van der Waals surface area contributed by atoms with Crippen molar-refractivity contribution in [3.63, 3.8) is 0 Å². The highest BCUT2D eigenvalue weighted by molar-refractivity contribution is 4.68. The number of ether oxygens (including phenoxy) is 5. The molecular formula is C13H24O5. The fourth-order valence-corrected chi connectivity index (χ4v) is 1.59. The van der Waals surface area contributed by atoms with E-state index >= 15 is 0 Å². The highest BCUT2D eigenvalue weighted by Crippen LogP contribution is 2.13. The lowest BCUT2D eigenvalue weighted by Crippen LogP contribution is -2.09. The maximum Gasteiger partial charge on any atom is 0.0831 e.